The number of aromatic nitrogens is 1. The number of benzene rings is 1. The molecule has 0 saturated carbocycles. The summed E-state index contributed by atoms with van der Waals surface area (Å²) in [7, 11) is 0. The summed E-state index contributed by atoms with van der Waals surface area (Å²) in [5.74, 6) is 0. The molecular formula is C21H28N2O. The van der Waals surface area contributed by atoms with E-state index in [4.69, 9.17) is 4.74 Å². The predicted molar refractivity (Wildman–Crippen MR) is 97.2 cm³/mol. The Morgan fingerprint density at radius 2 is 2.08 bits per heavy atom. The van der Waals surface area contributed by atoms with Crippen molar-refractivity contribution in [3.05, 3.63) is 35.5 Å². The molecule has 1 aromatic carbocycles. The molecule has 128 valence electrons. The summed E-state index contributed by atoms with van der Waals surface area (Å²) in [6.45, 7) is 7.83. The highest BCUT2D eigenvalue weighted by molar-refractivity contribution is 5.86. The standard InChI is InChI=1S/C21H28N2O/c1-3-21-11-7-12-22-13-10-16-15-8-5-6-9-17(15)23(19(16)20(21)22)18(14-21)24-4-2/h5-6,8-9,18,20H,3-4,7,10-14H2,1-2H3/t18-,20+,21-/m1/s1. The highest BCUT2D eigenvalue weighted by Crippen LogP contribution is 2.59. The van der Waals surface area contributed by atoms with Gasteiger partial charge in [0, 0.05) is 30.7 Å². The summed E-state index contributed by atoms with van der Waals surface area (Å²) in [5, 5.41) is 1.47. The summed E-state index contributed by atoms with van der Waals surface area (Å²) in [6, 6.07) is 9.60. The van der Waals surface area contributed by atoms with Crippen LogP contribution in [-0.2, 0) is 11.2 Å². The van der Waals surface area contributed by atoms with E-state index < -0.39 is 0 Å². The minimum atomic E-state index is 0.206. The molecule has 0 N–H and O–H groups in total. The highest BCUT2D eigenvalue weighted by atomic mass is 16.5. The fourth-order valence-electron chi connectivity index (χ4n) is 5.96. The number of hydrogen-bond donors (Lipinski definition) is 0. The first kappa shape index (κ1) is 15.0. The van der Waals surface area contributed by atoms with Gasteiger partial charge in [0.25, 0.3) is 0 Å². The quantitative estimate of drug-likeness (QED) is 0.816. The molecular weight excluding hydrogens is 296 g/mol. The molecule has 1 saturated heterocycles. The fourth-order valence-corrected chi connectivity index (χ4v) is 5.96. The Bertz CT molecular complexity index is 779. The van der Waals surface area contributed by atoms with Gasteiger partial charge in [0.05, 0.1) is 11.6 Å². The summed E-state index contributed by atoms with van der Waals surface area (Å²) in [4.78, 5) is 2.78. The Kier molecular flexibility index (Phi) is 3.33. The van der Waals surface area contributed by atoms with Crippen LogP contribution in [0.25, 0.3) is 10.9 Å². The third kappa shape index (κ3) is 1.80. The van der Waals surface area contributed by atoms with Crippen molar-refractivity contribution in [2.45, 2.75) is 58.2 Å². The first-order chi connectivity index (χ1) is 11.8. The first-order valence-electron chi connectivity index (χ1n) is 9.76. The summed E-state index contributed by atoms with van der Waals surface area (Å²) in [6.07, 6.45) is 6.53. The number of hydrogen-bond acceptors (Lipinski definition) is 2. The zero-order valence-electron chi connectivity index (χ0n) is 14.9. The van der Waals surface area contributed by atoms with E-state index >= 15 is 0 Å². The second-order valence-electron chi connectivity index (χ2n) is 7.87. The van der Waals surface area contributed by atoms with Crippen LogP contribution in [0, 0.1) is 5.41 Å². The molecule has 0 bridgehead atoms. The van der Waals surface area contributed by atoms with Crippen molar-refractivity contribution in [1.29, 1.82) is 0 Å². The Morgan fingerprint density at radius 3 is 2.92 bits per heavy atom. The highest BCUT2D eigenvalue weighted by Gasteiger charge is 2.53. The molecule has 0 radical (unpaired) electrons. The number of fused-ring (bicyclic) bond motifs is 3. The van der Waals surface area contributed by atoms with Gasteiger partial charge >= 0.3 is 0 Å². The van der Waals surface area contributed by atoms with Crippen LogP contribution in [-0.4, -0.2) is 29.2 Å². The molecule has 24 heavy (non-hydrogen) atoms. The lowest BCUT2D eigenvalue weighted by atomic mass is 9.64. The van der Waals surface area contributed by atoms with Crippen LogP contribution in [0.5, 0.6) is 0 Å². The topological polar surface area (TPSA) is 17.4 Å². The van der Waals surface area contributed by atoms with Crippen LogP contribution in [0.15, 0.2) is 24.3 Å². The van der Waals surface area contributed by atoms with Gasteiger partial charge in [0.2, 0.25) is 0 Å². The second-order valence-corrected chi connectivity index (χ2v) is 7.87. The van der Waals surface area contributed by atoms with Gasteiger partial charge in [-0.05, 0) is 56.2 Å². The SMILES string of the molecule is CCO[C@@H]1C[C@@]2(CC)CCCN3CCc4c(n1c1ccccc41)[C@H]32. The van der Waals surface area contributed by atoms with Crippen LogP contribution >= 0.6 is 0 Å². The van der Waals surface area contributed by atoms with E-state index in [9.17, 15) is 0 Å². The van der Waals surface area contributed by atoms with E-state index in [1.54, 1.807) is 11.3 Å². The molecule has 0 aliphatic carbocycles. The molecule has 0 unspecified atom stereocenters. The zero-order chi connectivity index (χ0) is 16.3. The van der Waals surface area contributed by atoms with E-state index in [-0.39, 0.29) is 6.23 Å². The molecule has 3 aliphatic heterocycles. The van der Waals surface area contributed by atoms with Crippen molar-refractivity contribution in [1.82, 2.24) is 9.47 Å². The molecule has 1 fully saturated rings. The molecule has 0 amide bonds. The monoisotopic (exact) mass is 324 g/mol. The lowest BCUT2D eigenvalue weighted by molar-refractivity contribution is -0.103. The number of rotatable bonds is 3. The van der Waals surface area contributed by atoms with E-state index in [2.05, 4.69) is 47.6 Å². The van der Waals surface area contributed by atoms with Gasteiger partial charge in [-0.2, -0.15) is 0 Å². The van der Waals surface area contributed by atoms with Crippen LogP contribution in [0.2, 0.25) is 0 Å². The zero-order valence-corrected chi connectivity index (χ0v) is 14.9. The molecule has 1 aromatic heterocycles. The molecule has 2 aromatic rings. The van der Waals surface area contributed by atoms with Gasteiger partial charge in [0.1, 0.15) is 6.23 Å². The van der Waals surface area contributed by atoms with Crippen LogP contribution < -0.4 is 0 Å². The van der Waals surface area contributed by atoms with Crippen LogP contribution in [0.3, 0.4) is 0 Å². The number of para-hydroxylation sites is 1. The van der Waals surface area contributed by atoms with Crippen LogP contribution in [0.1, 0.15) is 63.1 Å². The van der Waals surface area contributed by atoms with Crippen LogP contribution in [0.4, 0.5) is 0 Å². The Hall–Kier alpha value is -1.32. The van der Waals surface area contributed by atoms with E-state index in [0.717, 1.165) is 6.61 Å². The Morgan fingerprint density at radius 1 is 1.21 bits per heavy atom. The average Bonchev–Trinajstić information content (AvgIpc) is 2.96. The Balaban J connectivity index is 1.82. The molecule has 3 nitrogen and oxygen atoms in total. The van der Waals surface area contributed by atoms with Crippen molar-refractivity contribution in [2.75, 3.05) is 19.7 Å². The predicted octanol–water partition coefficient (Wildman–Crippen LogP) is 4.67. The Labute approximate surface area is 144 Å². The van der Waals surface area contributed by atoms with Gasteiger partial charge in [-0.15, -0.1) is 0 Å². The van der Waals surface area contributed by atoms with Crippen molar-refractivity contribution < 1.29 is 4.74 Å². The average molecular weight is 324 g/mol. The van der Waals surface area contributed by atoms with Gasteiger partial charge in [-0.25, -0.2) is 0 Å². The molecule has 3 aliphatic rings. The van der Waals surface area contributed by atoms with Crippen molar-refractivity contribution >= 4 is 10.9 Å². The van der Waals surface area contributed by atoms with Gasteiger partial charge in [-0.1, -0.05) is 25.1 Å². The van der Waals surface area contributed by atoms with Gasteiger partial charge < -0.3 is 9.30 Å². The number of piperidine rings is 1. The summed E-state index contributed by atoms with van der Waals surface area (Å²) >= 11 is 0. The second kappa shape index (κ2) is 5.34. The molecule has 4 heterocycles. The van der Waals surface area contributed by atoms with Crippen molar-refractivity contribution in [3.63, 3.8) is 0 Å². The molecule has 5 rings (SSSR count). The molecule has 3 atom stereocenters. The molecule has 0 spiro atoms. The maximum absolute atomic E-state index is 6.31. The van der Waals surface area contributed by atoms with Gasteiger partial charge in [0.15, 0.2) is 0 Å². The smallest absolute Gasteiger partial charge is 0.134 e. The lowest BCUT2D eigenvalue weighted by Gasteiger charge is -2.56. The third-order valence-corrected chi connectivity index (χ3v) is 6.96. The summed E-state index contributed by atoms with van der Waals surface area (Å²) < 4.78 is 8.88. The van der Waals surface area contributed by atoms with Crippen molar-refractivity contribution in [3.8, 4) is 0 Å². The minimum absolute atomic E-state index is 0.206. The third-order valence-electron chi connectivity index (χ3n) is 6.96. The van der Waals surface area contributed by atoms with E-state index in [1.807, 2.05) is 0 Å². The fraction of sp³-hybridized carbons (Fsp3) is 0.619. The van der Waals surface area contributed by atoms with Crippen molar-refractivity contribution in [2.24, 2.45) is 5.41 Å². The number of nitrogens with zero attached hydrogens (tertiary/aromatic N) is 2. The number of ether oxygens (including phenoxy) is 1. The lowest BCUT2D eigenvalue weighted by Crippen LogP contribution is -2.53. The maximum Gasteiger partial charge on any atom is 0.134 e. The largest absolute Gasteiger partial charge is 0.358 e. The minimum Gasteiger partial charge on any atom is -0.358 e. The first-order valence-corrected chi connectivity index (χ1v) is 9.76. The van der Waals surface area contributed by atoms with E-state index in [1.165, 1.54) is 56.1 Å². The maximum atomic E-state index is 6.31. The summed E-state index contributed by atoms with van der Waals surface area (Å²) in [5.41, 5.74) is 4.99. The van der Waals surface area contributed by atoms with E-state index in [0.29, 0.717) is 11.5 Å². The normalized spacial score (nSPS) is 32.1. The molecule has 3 heteroatoms. The van der Waals surface area contributed by atoms with Gasteiger partial charge in [-0.3, -0.25) is 4.90 Å².